The maximum absolute atomic E-state index is 8.12. The number of benzene rings is 11. The molecule has 0 N–H and O–H groups in total. The summed E-state index contributed by atoms with van der Waals surface area (Å²) in [5, 5.41) is 14.3. The number of rotatable bonds is 4. The van der Waals surface area contributed by atoms with Crippen molar-refractivity contribution in [1.82, 2.24) is 13.5 Å². The van der Waals surface area contributed by atoms with Gasteiger partial charge in [-0.25, -0.2) is 4.85 Å². The van der Waals surface area contributed by atoms with Gasteiger partial charge in [0.05, 0.1) is 45.2 Å². The van der Waals surface area contributed by atoms with Crippen LogP contribution < -0.4 is 0 Å². The van der Waals surface area contributed by atoms with Gasteiger partial charge in [-0.3, -0.25) is 0 Å². The minimum atomic E-state index is 0.660. The second kappa shape index (κ2) is 13.4. The Balaban J connectivity index is 0.904. The molecule has 15 rings (SSSR count). The lowest BCUT2D eigenvalue weighted by atomic mass is 9.97. The maximum atomic E-state index is 8.12. The molecule has 0 aliphatic heterocycles. The van der Waals surface area contributed by atoms with Crippen LogP contribution in [0, 0.1) is 6.57 Å². The van der Waals surface area contributed by atoms with Crippen molar-refractivity contribution in [3.8, 4) is 33.6 Å². The molecule has 0 spiro atoms. The summed E-state index contributed by atoms with van der Waals surface area (Å²) in [5.74, 6) is 0. The lowest BCUT2D eigenvalue weighted by molar-refractivity contribution is 1.18. The third-order valence-electron chi connectivity index (χ3n) is 14.5. The number of para-hydroxylation sites is 4. The molecule has 0 aliphatic carbocycles. The van der Waals surface area contributed by atoms with E-state index in [-0.39, 0.29) is 0 Å². The SMILES string of the molecule is [C-]#[N+]c1cc2c3cc4ccc(-c5ccc6c(c5)c5ccccc5n6-c5ccccc5)cc4cc3n3c4cc5cc(-c6ccc7c(c6)c6ccccc6n7-c6ccccc6)ccc5cc4c(c1)c23. The van der Waals surface area contributed by atoms with E-state index in [1.807, 2.05) is 0 Å². The summed E-state index contributed by atoms with van der Waals surface area (Å²) < 4.78 is 7.19. The van der Waals surface area contributed by atoms with Crippen LogP contribution in [0.3, 0.4) is 0 Å². The van der Waals surface area contributed by atoms with Gasteiger partial charge in [-0.2, -0.15) is 0 Å². The summed E-state index contributed by atoms with van der Waals surface area (Å²) in [4.78, 5) is 3.98. The van der Waals surface area contributed by atoms with Crippen molar-refractivity contribution in [1.29, 1.82) is 0 Å². The first-order valence-electron chi connectivity index (χ1n) is 22.9. The molecule has 0 saturated carbocycles. The van der Waals surface area contributed by atoms with E-state index in [9.17, 15) is 0 Å². The lowest BCUT2D eigenvalue weighted by Gasteiger charge is -2.09. The second-order valence-corrected chi connectivity index (χ2v) is 18.0. The van der Waals surface area contributed by atoms with Crippen LogP contribution >= 0.6 is 0 Å². The van der Waals surface area contributed by atoms with Gasteiger partial charge in [0.2, 0.25) is 0 Å². The van der Waals surface area contributed by atoms with E-state index in [4.69, 9.17) is 6.57 Å². The van der Waals surface area contributed by atoms with E-state index >= 15 is 0 Å². The first-order chi connectivity index (χ1) is 33.1. The molecule has 11 aromatic carbocycles. The Hall–Kier alpha value is -9.17. The lowest BCUT2D eigenvalue weighted by Crippen LogP contribution is -1.92. The molecule has 4 heteroatoms. The number of aromatic nitrogens is 3. The maximum Gasteiger partial charge on any atom is 0.188 e. The zero-order chi connectivity index (χ0) is 43.9. The predicted molar refractivity (Wildman–Crippen MR) is 282 cm³/mol. The molecule has 4 nitrogen and oxygen atoms in total. The molecule has 0 aliphatic rings. The quantitative estimate of drug-likeness (QED) is 0.157. The Morgan fingerprint density at radius 2 is 0.687 bits per heavy atom. The normalized spacial score (nSPS) is 12.2. The summed E-state index contributed by atoms with van der Waals surface area (Å²) in [6.07, 6.45) is 0. The minimum Gasteiger partial charge on any atom is -0.309 e. The number of nitrogens with zero attached hydrogens (tertiary/aromatic N) is 4. The average molecular weight is 849 g/mol. The highest BCUT2D eigenvalue weighted by Gasteiger charge is 2.21. The van der Waals surface area contributed by atoms with Crippen molar-refractivity contribution < 1.29 is 0 Å². The molecule has 4 aromatic heterocycles. The Labute approximate surface area is 384 Å². The van der Waals surface area contributed by atoms with Gasteiger partial charge in [-0.1, -0.05) is 109 Å². The van der Waals surface area contributed by atoms with Crippen LogP contribution in [0.4, 0.5) is 5.69 Å². The van der Waals surface area contributed by atoms with Crippen LogP contribution in [0.5, 0.6) is 0 Å². The highest BCUT2D eigenvalue weighted by molar-refractivity contribution is 6.27. The van der Waals surface area contributed by atoms with Crippen molar-refractivity contribution >= 4 is 109 Å². The van der Waals surface area contributed by atoms with Crippen molar-refractivity contribution in [2.24, 2.45) is 0 Å². The number of hydrogen-bond acceptors (Lipinski definition) is 0. The highest BCUT2D eigenvalue weighted by Crippen LogP contribution is 2.45. The van der Waals surface area contributed by atoms with E-state index in [1.54, 1.807) is 0 Å². The summed E-state index contributed by atoms with van der Waals surface area (Å²) in [7, 11) is 0. The zero-order valence-electron chi connectivity index (χ0n) is 36.1. The molecule has 67 heavy (non-hydrogen) atoms. The molecule has 0 radical (unpaired) electrons. The van der Waals surface area contributed by atoms with Gasteiger partial charge in [0.25, 0.3) is 0 Å². The predicted octanol–water partition coefficient (Wildman–Crippen LogP) is 17.2. The smallest absolute Gasteiger partial charge is 0.188 e. The monoisotopic (exact) mass is 848 g/mol. The van der Waals surface area contributed by atoms with Gasteiger partial charge in [0.1, 0.15) is 0 Å². The van der Waals surface area contributed by atoms with Crippen LogP contribution in [0.15, 0.2) is 218 Å². The van der Waals surface area contributed by atoms with Gasteiger partial charge in [0, 0.05) is 43.7 Å². The summed E-state index contributed by atoms with van der Waals surface area (Å²) >= 11 is 0. The molecule has 4 heterocycles. The van der Waals surface area contributed by atoms with Crippen molar-refractivity contribution in [2.75, 3.05) is 0 Å². The molecule has 0 fully saturated rings. The van der Waals surface area contributed by atoms with Gasteiger partial charge in [-0.05, 0) is 164 Å². The van der Waals surface area contributed by atoms with Crippen molar-refractivity contribution in [3.05, 3.63) is 230 Å². The summed E-state index contributed by atoms with van der Waals surface area (Å²) in [6, 6.07) is 79.8. The van der Waals surface area contributed by atoms with Gasteiger partial charge in [-0.15, -0.1) is 0 Å². The topological polar surface area (TPSA) is 18.6 Å². The second-order valence-electron chi connectivity index (χ2n) is 18.0. The van der Waals surface area contributed by atoms with E-state index in [0.717, 1.165) is 33.2 Å². The van der Waals surface area contributed by atoms with E-state index in [2.05, 4.69) is 237 Å². The fourth-order valence-corrected chi connectivity index (χ4v) is 11.5. The summed E-state index contributed by atoms with van der Waals surface area (Å²) in [5.41, 5.74) is 16.0. The van der Waals surface area contributed by atoms with Crippen LogP contribution in [-0.4, -0.2) is 13.5 Å². The van der Waals surface area contributed by atoms with Gasteiger partial charge >= 0.3 is 0 Å². The Bertz CT molecular complexity index is 4330. The van der Waals surface area contributed by atoms with E-state index in [1.165, 1.54) is 104 Å². The third-order valence-corrected chi connectivity index (χ3v) is 14.5. The largest absolute Gasteiger partial charge is 0.309 e. The fraction of sp³-hybridized carbons (Fsp3) is 0. The minimum absolute atomic E-state index is 0.660. The van der Waals surface area contributed by atoms with Crippen molar-refractivity contribution in [2.45, 2.75) is 0 Å². The Kier molecular flexibility index (Phi) is 7.26. The number of hydrogen-bond donors (Lipinski definition) is 0. The molecule has 308 valence electrons. The molecular weight excluding hydrogens is 813 g/mol. The van der Waals surface area contributed by atoms with Crippen LogP contribution in [-0.2, 0) is 0 Å². The van der Waals surface area contributed by atoms with E-state index in [0.29, 0.717) is 5.69 Å². The first kappa shape index (κ1) is 36.2. The number of fused-ring (bicyclic) bond motifs is 14. The molecule has 0 saturated heterocycles. The van der Waals surface area contributed by atoms with Crippen LogP contribution in [0.1, 0.15) is 0 Å². The van der Waals surface area contributed by atoms with Crippen molar-refractivity contribution in [3.63, 3.8) is 0 Å². The van der Waals surface area contributed by atoms with Gasteiger partial charge < -0.3 is 13.5 Å². The molecular formula is C63H36N4. The molecule has 0 unspecified atom stereocenters. The first-order valence-corrected chi connectivity index (χ1v) is 22.9. The Morgan fingerprint density at radius 1 is 0.284 bits per heavy atom. The standard InChI is InChI=1S/C63H36N4/c1-64-46-36-55-53-32-42-22-20-38(40-24-26-59-51(30-40)49-16-8-10-18-57(49)65(59)47-12-4-2-5-13-47)28-44(42)34-61(53)67-62-35-45-29-39(21-23-43(45)33-54(62)56(37-46)63(55)67)41-25-27-60-52(31-41)50-17-9-11-19-58(50)66(60)48-14-6-3-7-15-48/h2-37H. The molecule has 0 amide bonds. The molecule has 0 atom stereocenters. The van der Waals surface area contributed by atoms with Gasteiger partial charge in [0.15, 0.2) is 5.69 Å². The van der Waals surface area contributed by atoms with E-state index < -0.39 is 0 Å². The fourth-order valence-electron chi connectivity index (χ4n) is 11.5. The third kappa shape index (κ3) is 5.11. The summed E-state index contributed by atoms with van der Waals surface area (Å²) in [6.45, 7) is 8.12. The average Bonchev–Trinajstić information content (AvgIpc) is 4.10. The van der Waals surface area contributed by atoms with Crippen LogP contribution in [0.2, 0.25) is 0 Å². The Morgan fingerprint density at radius 3 is 1.16 bits per heavy atom. The highest BCUT2D eigenvalue weighted by atomic mass is 15.0. The van der Waals surface area contributed by atoms with Crippen LogP contribution in [0.25, 0.3) is 142 Å². The molecule has 0 bridgehead atoms. The zero-order valence-corrected chi connectivity index (χ0v) is 36.1. The molecule has 15 aromatic rings.